The summed E-state index contributed by atoms with van der Waals surface area (Å²) in [6.45, 7) is 0. The number of hydrogen-bond donors (Lipinski definition) is 0. The van der Waals surface area contributed by atoms with Gasteiger partial charge in [0.05, 0.1) is 20.7 Å². The minimum atomic E-state index is -1.20. The van der Waals surface area contributed by atoms with Gasteiger partial charge in [0, 0.05) is 32.5 Å². The van der Waals surface area contributed by atoms with Gasteiger partial charge >= 0.3 is 0 Å². The van der Waals surface area contributed by atoms with Crippen LogP contribution in [-0.4, -0.2) is 10.5 Å². The molecule has 19 heavy (non-hydrogen) atoms. The van der Waals surface area contributed by atoms with Crippen molar-refractivity contribution in [3.8, 4) is 11.1 Å². The third kappa shape index (κ3) is 3.26. The van der Waals surface area contributed by atoms with Gasteiger partial charge < -0.3 is 0 Å². The molecule has 2 aromatic carbocycles. The highest BCUT2D eigenvalue weighted by Gasteiger charge is 2.14. The lowest BCUT2D eigenvalue weighted by atomic mass is 10.1. The van der Waals surface area contributed by atoms with Crippen LogP contribution in [0.3, 0.4) is 0 Å². The lowest BCUT2D eigenvalue weighted by Gasteiger charge is -2.10. The SMILES string of the molecule is CS(=O)c1cc(Cl)c(-c2cc(Cl)ccc2Cl)cc1Cl. The molecule has 6 heteroatoms. The molecule has 100 valence electrons. The third-order valence-electron chi connectivity index (χ3n) is 2.55. The zero-order chi connectivity index (χ0) is 14.2. The molecule has 0 aliphatic heterocycles. The number of rotatable bonds is 2. The van der Waals surface area contributed by atoms with Gasteiger partial charge in [0.1, 0.15) is 0 Å². The first kappa shape index (κ1) is 15.1. The summed E-state index contributed by atoms with van der Waals surface area (Å²) in [5.74, 6) is 0. The van der Waals surface area contributed by atoms with Crippen molar-refractivity contribution in [1.29, 1.82) is 0 Å². The van der Waals surface area contributed by atoms with Crippen molar-refractivity contribution >= 4 is 57.2 Å². The minimum Gasteiger partial charge on any atom is -0.255 e. The van der Waals surface area contributed by atoms with Crippen molar-refractivity contribution in [2.45, 2.75) is 4.90 Å². The van der Waals surface area contributed by atoms with Gasteiger partial charge in [0.15, 0.2) is 0 Å². The van der Waals surface area contributed by atoms with E-state index in [1.165, 1.54) is 0 Å². The molecule has 0 radical (unpaired) electrons. The van der Waals surface area contributed by atoms with Crippen molar-refractivity contribution in [1.82, 2.24) is 0 Å². The fourth-order valence-corrected chi connectivity index (χ4v) is 3.49. The quantitative estimate of drug-likeness (QED) is 0.676. The van der Waals surface area contributed by atoms with Crippen LogP contribution < -0.4 is 0 Å². The normalized spacial score (nSPS) is 12.5. The predicted molar refractivity (Wildman–Crippen MR) is 84.3 cm³/mol. The third-order valence-corrected chi connectivity index (χ3v) is 4.81. The smallest absolute Gasteiger partial charge is 0.0586 e. The van der Waals surface area contributed by atoms with Crippen LogP contribution in [0.5, 0.6) is 0 Å². The molecule has 0 fully saturated rings. The van der Waals surface area contributed by atoms with E-state index in [1.807, 2.05) is 0 Å². The maximum absolute atomic E-state index is 11.5. The van der Waals surface area contributed by atoms with Gasteiger partial charge in [-0.25, -0.2) is 0 Å². The Kier molecular flexibility index (Phi) is 4.80. The van der Waals surface area contributed by atoms with Gasteiger partial charge in [-0.05, 0) is 30.3 Å². The van der Waals surface area contributed by atoms with E-state index in [2.05, 4.69) is 0 Å². The highest BCUT2D eigenvalue weighted by molar-refractivity contribution is 7.84. The van der Waals surface area contributed by atoms with Gasteiger partial charge in [-0.3, -0.25) is 4.21 Å². The van der Waals surface area contributed by atoms with Gasteiger partial charge in [0.25, 0.3) is 0 Å². The maximum Gasteiger partial charge on any atom is 0.0586 e. The zero-order valence-electron chi connectivity index (χ0n) is 9.72. The molecule has 0 aliphatic carbocycles. The number of benzene rings is 2. The number of halogens is 4. The summed E-state index contributed by atoms with van der Waals surface area (Å²) in [4.78, 5) is 0.494. The van der Waals surface area contributed by atoms with E-state index in [1.54, 1.807) is 36.6 Å². The van der Waals surface area contributed by atoms with Crippen molar-refractivity contribution < 1.29 is 4.21 Å². The molecule has 1 atom stereocenters. The molecule has 0 aliphatic rings. The van der Waals surface area contributed by atoms with Crippen LogP contribution in [0.15, 0.2) is 35.2 Å². The molecule has 0 aromatic heterocycles. The summed E-state index contributed by atoms with van der Waals surface area (Å²) in [6, 6.07) is 8.34. The van der Waals surface area contributed by atoms with Crippen LogP contribution >= 0.6 is 46.4 Å². The van der Waals surface area contributed by atoms with E-state index in [0.29, 0.717) is 36.1 Å². The first-order valence-electron chi connectivity index (χ1n) is 5.18. The van der Waals surface area contributed by atoms with Gasteiger partial charge in [-0.2, -0.15) is 0 Å². The summed E-state index contributed by atoms with van der Waals surface area (Å²) in [5.41, 5.74) is 1.35. The van der Waals surface area contributed by atoms with Crippen LogP contribution in [0.4, 0.5) is 0 Å². The molecule has 0 amide bonds. The molecular formula is C13H8Cl4OS. The number of hydrogen-bond acceptors (Lipinski definition) is 1. The molecule has 0 heterocycles. The van der Waals surface area contributed by atoms with Gasteiger partial charge in [0.2, 0.25) is 0 Å². The zero-order valence-corrected chi connectivity index (χ0v) is 13.6. The fraction of sp³-hybridized carbons (Fsp3) is 0.0769. The average molecular weight is 354 g/mol. The van der Waals surface area contributed by atoms with Crippen LogP contribution in [-0.2, 0) is 10.8 Å². The van der Waals surface area contributed by atoms with Crippen molar-refractivity contribution in [2.75, 3.05) is 6.26 Å². The second-order valence-corrected chi connectivity index (χ2v) is 6.85. The fourth-order valence-electron chi connectivity index (χ4n) is 1.66. The topological polar surface area (TPSA) is 17.1 Å². The van der Waals surface area contributed by atoms with Crippen LogP contribution in [0.2, 0.25) is 20.1 Å². The van der Waals surface area contributed by atoms with Crippen molar-refractivity contribution in [3.63, 3.8) is 0 Å². The Hall–Kier alpha value is -0.250. The monoisotopic (exact) mass is 352 g/mol. The highest BCUT2D eigenvalue weighted by Crippen LogP contribution is 2.38. The lowest BCUT2D eigenvalue weighted by molar-refractivity contribution is 0.687. The van der Waals surface area contributed by atoms with Gasteiger partial charge in [-0.1, -0.05) is 46.4 Å². The molecule has 1 nitrogen and oxygen atoms in total. The first-order chi connectivity index (χ1) is 8.90. The summed E-state index contributed by atoms with van der Waals surface area (Å²) >= 11 is 24.4. The summed E-state index contributed by atoms with van der Waals surface area (Å²) in [6.07, 6.45) is 1.55. The van der Waals surface area contributed by atoms with Crippen LogP contribution in [0.1, 0.15) is 0 Å². The van der Waals surface area contributed by atoms with E-state index in [0.717, 1.165) is 0 Å². The first-order valence-corrected chi connectivity index (χ1v) is 8.25. The Balaban J connectivity index is 2.67. The molecule has 2 rings (SSSR count). The van der Waals surface area contributed by atoms with E-state index in [-0.39, 0.29) is 0 Å². The standard InChI is InChI=1S/C13H8Cl4OS/c1-19(18)13-6-11(16)9(5-12(13)17)8-4-7(14)2-3-10(8)15/h2-6H,1H3. The Labute approximate surface area is 133 Å². The summed E-state index contributed by atoms with van der Waals surface area (Å²) in [5, 5.41) is 1.89. The van der Waals surface area contributed by atoms with E-state index < -0.39 is 10.8 Å². The largest absolute Gasteiger partial charge is 0.255 e. The average Bonchev–Trinajstić information content (AvgIpc) is 2.34. The van der Waals surface area contributed by atoms with Crippen LogP contribution in [0, 0.1) is 0 Å². The van der Waals surface area contributed by atoms with Gasteiger partial charge in [-0.15, -0.1) is 0 Å². The minimum absolute atomic E-state index is 0.385. The lowest BCUT2D eigenvalue weighted by Crippen LogP contribution is -1.91. The van der Waals surface area contributed by atoms with E-state index >= 15 is 0 Å². The Morgan fingerprint density at radius 2 is 1.47 bits per heavy atom. The Bertz CT molecular complexity index is 670. The summed E-state index contributed by atoms with van der Waals surface area (Å²) in [7, 11) is -1.20. The molecule has 0 bridgehead atoms. The van der Waals surface area contributed by atoms with E-state index in [9.17, 15) is 4.21 Å². The second kappa shape index (κ2) is 6.02. The molecule has 2 aromatic rings. The van der Waals surface area contributed by atoms with Crippen LogP contribution in [0.25, 0.3) is 11.1 Å². The predicted octanol–water partition coefficient (Wildman–Crippen LogP) is 5.70. The second-order valence-electron chi connectivity index (χ2n) is 3.84. The molecule has 0 saturated carbocycles. The molecule has 1 unspecified atom stereocenters. The van der Waals surface area contributed by atoms with E-state index in [4.69, 9.17) is 46.4 Å². The van der Waals surface area contributed by atoms with Crippen molar-refractivity contribution in [3.05, 3.63) is 50.4 Å². The summed E-state index contributed by atoms with van der Waals surface area (Å²) < 4.78 is 11.5. The molecule has 0 spiro atoms. The maximum atomic E-state index is 11.5. The Morgan fingerprint density at radius 1 is 0.842 bits per heavy atom. The molecular weight excluding hydrogens is 346 g/mol. The Morgan fingerprint density at radius 3 is 2.11 bits per heavy atom. The molecule has 0 N–H and O–H groups in total. The highest BCUT2D eigenvalue weighted by atomic mass is 35.5. The molecule has 0 saturated heterocycles. The van der Waals surface area contributed by atoms with Crippen molar-refractivity contribution in [2.24, 2.45) is 0 Å².